The minimum atomic E-state index is -0.508. The molecule has 0 bridgehead atoms. The van der Waals surface area contributed by atoms with Gasteiger partial charge in [0.25, 0.3) is 0 Å². The Morgan fingerprint density at radius 2 is 2.12 bits per heavy atom. The van der Waals surface area contributed by atoms with Crippen molar-refractivity contribution in [3.8, 4) is 0 Å². The Balaban J connectivity index is 2.44. The average Bonchev–Trinajstić information content (AvgIpc) is 2.52. The van der Waals surface area contributed by atoms with E-state index in [9.17, 15) is 4.79 Å². The molecule has 1 aliphatic carbocycles. The molecule has 3 heteroatoms. The van der Waals surface area contributed by atoms with Crippen molar-refractivity contribution in [3.63, 3.8) is 0 Å². The van der Waals surface area contributed by atoms with Gasteiger partial charge in [0.1, 0.15) is 5.60 Å². The Morgan fingerprint density at radius 3 is 2.71 bits per heavy atom. The van der Waals surface area contributed by atoms with Gasteiger partial charge < -0.3 is 10.1 Å². The van der Waals surface area contributed by atoms with Crippen LogP contribution in [0.15, 0.2) is 55.2 Å². The summed E-state index contributed by atoms with van der Waals surface area (Å²) in [6.07, 6.45) is 11.0. The zero-order valence-corrected chi connectivity index (χ0v) is 15.1. The lowest BCUT2D eigenvalue weighted by atomic mass is 9.80. The van der Waals surface area contributed by atoms with Crippen LogP contribution in [0.5, 0.6) is 0 Å². The first kappa shape index (κ1) is 18.2. The number of hydrogen-bond acceptors (Lipinski definition) is 3. The van der Waals surface area contributed by atoms with Gasteiger partial charge in [-0.3, -0.25) is 0 Å². The maximum atomic E-state index is 12.5. The van der Waals surface area contributed by atoms with E-state index < -0.39 is 5.60 Å². The lowest BCUT2D eigenvalue weighted by molar-refractivity contribution is 0.00685. The third-order valence-corrected chi connectivity index (χ3v) is 4.06. The smallest absolute Gasteiger partial charge is 0.338 e. The van der Waals surface area contributed by atoms with Gasteiger partial charge in [0.05, 0.1) is 11.1 Å². The molecule has 1 N–H and O–H groups in total. The molecular formula is C21H27NO2. The zero-order chi connectivity index (χ0) is 17.8. The Bertz CT molecular complexity index is 680. The first-order valence-corrected chi connectivity index (χ1v) is 8.33. The Hall–Kier alpha value is -2.13. The van der Waals surface area contributed by atoms with E-state index in [1.54, 1.807) is 0 Å². The Morgan fingerprint density at radius 1 is 1.38 bits per heavy atom. The minimum absolute atomic E-state index is 0.281. The summed E-state index contributed by atoms with van der Waals surface area (Å²) in [4.78, 5) is 12.5. The van der Waals surface area contributed by atoms with Gasteiger partial charge in [-0.05, 0) is 51.3 Å². The van der Waals surface area contributed by atoms with E-state index in [2.05, 4.69) is 30.1 Å². The SMILES string of the molecule is C=CCNC1(c2cccc(C(=O)OC(C)(C)C)c2C)C=CC=CC1. The van der Waals surface area contributed by atoms with Crippen LogP contribution in [0.2, 0.25) is 0 Å². The summed E-state index contributed by atoms with van der Waals surface area (Å²) in [5.74, 6) is -0.281. The highest BCUT2D eigenvalue weighted by Crippen LogP contribution is 2.33. The molecule has 0 fully saturated rings. The van der Waals surface area contributed by atoms with Crippen LogP contribution in [0, 0.1) is 6.92 Å². The van der Waals surface area contributed by atoms with Gasteiger partial charge in [-0.1, -0.05) is 42.5 Å². The molecule has 0 radical (unpaired) electrons. The summed E-state index contributed by atoms with van der Waals surface area (Å²) in [5.41, 5.74) is 1.82. The number of hydrogen-bond donors (Lipinski definition) is 1. The zero-order valence-electron chi connectivity index (χ0n) is 15.1. The summed E-state index contributed by atoms with van der Waals surface area (Å²) in [7, 11) is 0. The van der Waals surface area contributed by atoms with Crippen LogP contribution in [-0.4, -0.2) is 18.1 Å². The maximum Gasteiger partial charge on any atom is 0.338 e. The van der Waals surface area contributed by atoms with Gasteiger partial charge in [-0.25, -0.2) is 4.79 Å². The van der Waals surface area contributed by atoms with Gasteiger partial charge >= 0.3 is 5.97 Å². The molecule has 0 spiro atoms. The number of benzene rings is 1. The molecule has 0 aromatic heterocycles. The fourth-order valence-corrected chi connectivity index (χ4v) is 2.97. The maximum absolute atomic E-state index is 12.5. The van der Waals surface area contributed by atoms with E-state index in [0.29, 0.717) is 12.1 Å². The highest BCUT2D eigenvalue weighted by Gasteiger charge is 2.31. The van der Waals surface area contributed by atoms with Crippen molar-refractivity contribution < 1.29 is 9.53 Å². The first-order chi connectivity index (χ1) is 11.3. The molecular weight excluding hydrogens is 298 g/mol. The van der Waals surface area contributed by atoms with Crippen LogP contribution < -0.4 is 5.32 Å². The molecule has 0 saturated carbocycles. The minimum Gasteiger partial charge on any atom is -0.456 e. The normalized spacial score (nSPS) is 20.0. The predicted octanol–water partition coefficient (Wildman–Crippen LogP) is 4.44. The molecule has 0 saturated heterocycles. The van der Waals surface area contributed by atoms with Crippen molar-refractivity contribution in [2.75, 3.05) is 6.54 Å². The topological polar surface area (TPSA) is 38.3 Å². The largest absolute Gasteiger partial charge is 0.456 e. The van der Waals surface area contributed by atoms with E-state index >= 15 is 0 Å². The van der Waals surface area contributed by atoms with Crippen LogP contribution in [0.1, 0.15) is 48.7 Å². The van der Waals surface area contributed by atoms with E-state index in [4.69, 9.17) is 4.74 Å². The molecule has 1 aromatic carbocycles. The average molecular weight is 325 g/mol. The van der Waals surface area contributed by atoms with Gasteiger partial charge in [0, 0.05) is 6.54 Å². The standard InChI is InChI=1S/C21H27NO2/c1-6-15-22-21(13-8-7-9-14-21)18-12-10-11-17(16(18)2)19(23)24-20(3,4)5/h6-13,22H,1,14-15H2,2-5H3. The molecule has 1 atom stereocenters. The molecule has 1 aromatic rings. The number of esters is 1. The third-order valence-electron chi connectivity index (χ3n) is 4.06. The van der Waals surface area contributed by atoms with E-state index in [1.165, 1.54) is 0 Å². The molecule has 2 rings (SSSR count). The number of carbonyl (C=O) groups excluding carboxylic acids is 1. The van der Waals surface area contributed by atoms with E-state index in [-0.39, 0.29) is 11.5 Å². The number of ether oxygens (including phenoxy) is 1. The lowest BCUT2D eigenvalue weighted by Gasteiger charge is -2.35. The fourth-order valence-electron chi connectivity index (χ4n) is 2.97. The van der Waals surface area contributed by atoms with Gasteiger partial charge in [0.15, 0.2) is 0 Å². The van der Waals surface area contributed by atoms with Crippen LogP contribution in [0.3, 0.4) is 0 Å². The summed E-state index contributed by atoms with van der Waals surface area (Å²) < 4.78 is 5.55. The van der Waals surface area contributed by atoms with Crippen molar-refractivity contribution in [3.05, 3.63) is 71.8 Å². The summed E-state index contributed by atoms with van der Waals surface area (Å²) in [6.45, 7) is 12.1. The van der Waals surface area contributed by atoms with Crippen molar-refractivity contribution in [2.24, 2.45) is 0 Å². The predicted molar refractivity (Wildman–Crippen MR) is 99.1 cm³/mol. The van der Waals surface area contributed by atoms with Crippen LogP contribution in [0.25, 0.3) is 0 Å². The quantitative estimate of drug-likeness (QED) is 0.642. The molecule has 0 amide bonds. The first-order valence-electron chi connectivity index (χ1n) is 8.33. The van der Waals surface area contributed by atoms with Crippen LogP contribution in [-0.2, 0) is 10.3 Å². The second-order valence-corrected chi connectivity index (χ2v) is 7.11. The number of carbonyl (C=O) groups is 1. The molecule has 0 aliphatic heterocycles. The number of nitrogens with one attached hydrogen (secondary N) is 1. The monoisotopic (exact) mass is 325 g/mol. The molecule has 24 heavy (non-hydrogen) atoms. The molecule has 1 aliphatic rings. The molecule has 1 unspecified atom stereocenters. The highest BCUT2D eigenvalue weighted by atomic mass is 16.6. The Kier molecular flexibility index (Phi) is 5.45. The molecule has 128 valence electrons. The Labute approximate surface area is 145 Å². The number of rotatable bonds is 5. The second-order valence-electron chi connectivity index (χ2n) is 7.11. The summed E-state index contributed by atoms with van der Waals surface area (Å²) in [5, 5.41) is 3.55. The van der Waals surface area contributed by atoms with E-state index in [1.807, 2.05) is 58.1 Å². The van der Waals surface area contributed by atoms with E-state index in [0.717, 1.165) is 17.5 Å². The van der Waals surface area contributed by atoms with Crippen LogP contribution >= 0.6 is 0 Å². The van der Waals surface area contributed by atoms with Crippen molar-refractivity contribution in [1.82, 2.24) is 5.32 Å². The molecule has 0 heterocycles. The van der Waals surface area contributed by atoms with Gasteiger partial charge in [-0.15, -0.1) is 6.58 Å². The van der Waals surface area contributed by atoms with Crippen molar-refractivity contribution in [2.45, 2.75) is 45.3 Å². The van der Waals surface area contributed by atoms with Crippen LogP contribution in [0.4, 0.5) is 0 Å². The third kappa shape index (κ3) is 4.04. The second kappa shape index (κ2) is 7.18. The van der Waals surface area contributed by atoms with Gasteiger partial charge in [0.2, 0.25) is 0 Å². The summed E-state index contributed by atoms with van der Waals surface area (Å²) in [6, 6.07) is 5.82. The number of allylic oxidation sites excluding steroid dienone is 2. The molecule has 3 nitrogen and oxygen atoms in total. The fraction of sp³-hybridized carbons (Fsp3) is 0.381. The van der Waals surface area contributed by atoms with Crippen molar-refractivity contribution >= 4 is 5.97 Å². The van der Waals surface area contributed by atoms with Crippen molar-refractivity contribution in [1.29, 1.82) is 0 Å². The summed E-state index contributed by atoms with van der Waals surface area (Å²) >= 11 is 0. The lowest BCUT2D eigenvalue weighted by Crippen LogP contribution is -2.42. The highest BCUT2D eigenvalue weighted by molar-refractivity contribution is 5.91. The van der Waals surface area contributed by atoms with Gasteiger partial charge in [-0.2, -0.15) is 0 Å².